The third-order valence-electron chi connectivity index (χ3n) is 6.16. The van der Waals surface area contributed by atoms with Crippen LogP contribution >= 0.6 is 11.6 Å². The molecule has 2 aliphatic rings. The van der Waals surface area contributed by atoms with Crippen LogP contribution in [0.4, 0.5) is 0 Å². The fourth-order valence-corrected chi connectivity index (χ4v) is 4.09. The number of nitrogens with zero attached hydrogens (tertiary/aromatic N) is 2. The Hall–Kier alpha value is -1.63. The Morgan fingerprint density at radius 2 is 1.70 bits per heavy atom. The number of amides is 2. The zero-order valence-electron chi connectivity index (χ0n) is 16.2. The SMILES string of the molecule is CCOC1CC(N)(C(=O)N2CCN(C(=O)c3ccc(Cl)cc3)CC2)C1(C)C. The first kappa shape index (κ1) is 20.1. The van der Waals surface area contributed by atoms with Crippen LogP contribution in [0, 0.1) is 5.41 Å². The summed E-state index contributed by atoms with van der Waals surface area (Å²) in [7, 11) is 0. The number of carbonyl (C=O) groups is 2. The van der Waals surface area contributed by atoms with Crippen molar-refractivity contribution in [3.63, 3.8) is 0 Å². The number of ether oxygens (including phenoxy) is 1. The second-order valence-electron chi connectivity index (χ2n) is 7.93. The van der Waals surface area contributed by atoms with E-state index >= 15 is 0 Å². The van der Waals surface area contributed by atoms with E-state index in [4.69, 9.17) is 22.1 Å². The summed E-state index contributed by atoms with van der Waals surface area (Å²) in [6, 6.07) is 6.87. The molecule has 1 aliphatic heterocycles. The third kappa shape index (κ3) is 3.46. The van der Waals surface area contributed by atoms with Gasteiger partial charge in [0.1, 0.15) is 5.54 Å². The molecule has 3 rings (SSSR count). The van der Waals surface area contributed by atoms with Crippen LogP contribution in [0.1, 0.15) is 37.6 Å². The average Bonchev–Trinajstić information content (AvgIpc) is 2.67. The molecule has 0 spiro atoms. The van der Waals surface area contributed by atoms with E-state index in [2.05, 4.69) is 0 Å². The lowest BCUT2D eigenvalue weighted by Gasteiger charge is -2.59. The Kier molecular flexibility index (Phi) is 5.52. The molecule has 1 saturated carbocycles. The van der Waals surface area contributed by atoms with Crippen molar-refractivity contribution in [3.05, 3.63) is 34.9 Å². The zero-order chi connectivity index (χ0) is 19.8. The monoisotopic (exact) mass is 393 g/mol. The highest BCUT2D eigenvalue weighted by Crippen LogP contribution is 2.50. The maximum absolute atomic E-state index is 13.1. The lowest BCUT2D eigenvalue weighted by molar-refractivity contribution is -0.180. The van der Waals surface area contributed by atoms with Gasteiger partial charge in [-0.05, 0) is 31.2 Å². The van der Waals surface area contributed by atoms with Crippen molar-refractivity contribution >= 4 is 23.4 Å². The first-order chi connectivity index (χ1) is 12.7. The van der Waals surface area contributed by atoms with Crippen molar-refractivity contribution in [2.45, 2.75) is 38.8 Å². The van der Waals surface area contributed by atoms with Gasteiger partial charge in [0.05, 0.1) is 6.10 Å². The molecule has 2 atom stereocenters. The van der Waals surface area contributed by atoms with Gasteiger partial charge >= 0.3 is 0 Å². The lowest BCUT2D eigenvalue weighted by Crippen LogP contribution is -2.76. The first-order valence-corrected chi connectivity index (χ1v) is 9.83. The summed E-state index contributed by atoms with van der Waals surface area (Å²) in [4.78, 5) is 29.2. The van der Waals surface area contributed by atoms with Gasteiger partial charge in [-0.1, -0.05) is 25.4 Å². The maximum atomic E-state index is 13.1. The fourth-order valence-electron chi connectivity index (χ4n) is 3.97. The molecular formula is C20H28ClN3O3. The number of hydrogen-bond acceptors (Lipinski definition) is 4. The average molecular weight is 394 g/mol. The normalized spacial score (nSPS) is 27.2. The third-order valence-corrected chi connectivity index (χ3v) is 6.41. The molecule has 2 N–H and O–H groups in total. The van der Waals surface area contributed by atoms with E-state index in [0.717, 1.165) is 0 Å². The molecule has 2 unspecified atom stereocenters. The van der Waals surface area contributed by atoms with Gasteiger partial charge in [0.15, 0.2) is 0 Å². The molecule has 1 saturated heterocycles. The van der Waals surface area contributed by atoms with E-state index in [-0.39, 0.29) is 17.9 Å². The summed E-state index contributed by atoms with van der Waals surface area (Å²) in [6.07, 6.45) is 0.542. The number of piperazine rings is 1. The predicted molar refractivity (Wildman–Crippen MR) is 105 cm³/mol. The zero-order valence-corrected chi connectivity index (χ0v) is 17.0. The van der Waals surface area contributed by atoms with Gasteiger partial charge < -0.3 is 20.3 Å². The number of rotatable bonds is 4. The van der Waals surface area contributed by atoms with Gasteiger partial charge in [0.2, 0.25) is 5.91 Å². The molecule has 6 nitrogen and oxygen atoms in total. The van der Waals surface area contributed by atoms with Crippen molar-refractivity contribution in [2.75, 3.05) is 32.8 Å². The lowest BCUT2D eigenvalue weighted by atomic mass is 9.54. The molecule has 27 heavy (non-hydrogen) atoms. The van der Waals surface area contributed by atoms with Crippen molar-refractivity contribution in [1.82, 2.24) is 9.80 Å². The first-order valence-electron chi connectivity index (χ1n) is 9.45. The van der Waals surface area contributed by atoms with Crippen LogP contribution < -0.4 is 5.73 Å². The molecule has 1 aliphatic carbocycles. The standard InChI is InChI=1S/C20H28ClN3O3/c1-4-27-16-13-20(22,19(16,2)3)18(26)24-11-9-23(10-12-24)17(25)14-5-7-15(21)8-6-14/h5-8,16H,4,9-13,22H2,1-3H3. The smallest absolute Gasteiger partial charge is 0.253 e. The quantitative estimate of drug-likeness (QED) is 0.850. The molecule has 7 heteroatoms. The van der Waals surface area contributed by atoms with Crippen molar-refractivity contribution < 1.29 is 14.3 Å². The molecule has 1 aromatic carbocycles. The van der Waals surface area contributed by atoms with Gasteiger partial charge in [0.25, 0.3) is 5.91 Å². The van der Waals surface area contributed by atoms with Gasteiger partial charge in [-0.25, -0.2) is 0 Å². The van der Waals surface area contributed by atoms with E-state index in [0.29, 0.717) is 49.8 Å². The number of halogens is 1. The predicted octanol–water partition coefficient (Wildman–Crippen LogP) is 2.16. The van der Waals surface area contributed by atoms with E-state index in [1.54, 1.807) is 34.1 Å². The van der Waals surface area contributed by atoms with Crippen molar-refractivity contribution in [3.8, 4) is 0 Å². The van der Waals surface area contributed by atoms with E-state index < -0.39 is 11.0 Å². The minimum Gasteiger partial charge on any atom is -0.378 e. The van der Waals surface area contributed by atoms with Crippen LogP contribution in [0.2, 0.25) is 5.02 Å². The van der Waals surface area contributed by atoms with Crippen molar-refractivity contribution in [1.29, 1.82) is 0 Å². The minimum atomic E-state index is -0.908. The highest BCUT2D eigenvalue weighted by molar-refractivity contribution is 6.30. The molecule has 0 radical (unpaired) electrons. The Morgan fingerprint density at radius 1 is 1.15 bits per heavy atom. The summed E-state index contributed by atoms with van der Waals surface area (Å²) in [5.74, 6) is -0.0799. The summed E-state index contributed by atoms with van der Waals surface area (Å²) in [6.45, 7) is 8.54. The molecule has 0 aromatic heterocycles. The van der Waals surface area contributed by atoms with Crippen LogP contribution in [0.15, 0.2) is 24.3 Å². The molecule has 2 fully saturated rings. The summed E-state index contributed by atoms with van der Waals surface area (Å²) >= 11 is 5.88. The van der Waals surface area contributed by atoms with Crippen LogP contribution in [0.3, 0.4) is 0 Å². The second kappa shape index (κ2) is 7.41. The molecular weight excluding hydrogens is 366 g/mol. The van der Waals surface area contributed by atoms with Crippen LogP contribution in [-0.4, -0.2) is 66.0 Å². The minimum absolute atomic E-state index is 0.00391. The molecule has 0 bridgehead atoms. The molecule has 148 valence electrons. The molecule has 1 heterocycles. The van der Waals surface area contributed by atoms with Gasteiger partial charge in [-0.3, -0.25) is 9.59 Å². The highest BCUT2D eigenvalue weighted by atomic mass is 35.5. The maximum Gasteiger partial charge on any atom is 0.253 e. The van der Waals surface area contributed by atoms with Gasteiger partial charge in [0, 0.05) is 55.2 Å². The fraction of sp³-hybridized carbons (Fsp3) is 0.600. The second-order valence-corrected chi connectivity index (χ2v) is 8.37. The van der Waals surface area contributed by atoms with E-state index in [9.17, 15) is 9.59 Å². The largest absolute Gasteiger partial charge is 0.378 e. The number of benzene rings is 1. The summed E-state index contributed by atoms with van der Waals surface area (Å²) in [5, 5.41) is 0.601. The number of hydrogen-bond donors (Lipinski definition) is 1. The Bertz CT molecular complexity index is 714. The van der Waals surface area contributed by atoms with Gasteiger partial charge in [-0.2, -0.15) is 0 Å². The summed E-state index contributed by atoms with van der Waals surface area (Å²) < 4.78 is 5.72. The Labute approximate surface area is 165 Å². The number of carbonyl (C=O) groups excluding carboxylic acids is 2. The molecule has 2 amide bonds. The highest BCUT2D eigenvalue weighted by Gasteiger charge is 2.63. The van der Waals surface area contributed by atoms with E-state index in [1.165, 1.54) is 0 Å². The van der Waals surface area contributed by atoms with Crippen LogP contribution in [0.25, 0.3) is 0 Å². The molecule has 1 aromatic rings. The van der Waals surface area contributed by atoms with E-state index in [1.807, 2.05) is 20.8 Å². The van der Waals surface area contributed by atoms with Crippen LogP contribution in [0.5, 0.6) is 0 Å². The van der Waals surface area contributed by atoms with Crippen molar-refractivity contribution in [2.24, 2.45) is 11.1 Å². The number of nitrogens with two attached hydrogens (primary N) is 1. The topological polar surface area (TPSA) is 75.9 Å². The Balaban J connectivity index is 1.60. The Morgan fingerprint density at radius 3 is 2.22 bits per heavy atom. The van der Waals surface area contributed by atoms with Crippen LogP contribution in [-0.2, 0) is 9.53 Å². The summed E-state index contributed by atoms with van der Waals surface area (Å²) in [5.41, 5.74) is 5.80. The van der Waals surface area contributed by atoms with Gasteiger partial charge in [-0.15, -0.1) is 0 Å².